The molecule has 31 heavy (non-hydrogen) atoms. The predicted molar refractivity (Wildman–Crippen MR) is 107 cm³/mol. The van der Waals surface area contributed by atoms with E-state index in [0.29, 0.717) is 10.5 Å². The Kier molecular flexibility index (Phi) is 5.56. The molecule has 2 N–H and O–H groups in total. The lowest BCUT2D eigenvalue weighted by molar-refractivity contribution is -0.200. The fourth-order valence-electron chi connectivity index (χ4n) is 3.20. The standard InChI is InChI=1S/C22H22F3N3O3/c1-20(2,3)16-11-9-15(10-12-16)17(29)26-21(22(23,24)25)18(30)28(19(31)27-21)13-14-7-5-4-6-8-14/h4-12H,13H2,1-3H3,(H,26,29)(H,27,31)/t21-/m0/s1. The molecule has 0 aliphatic carbocycles. The second-order valence-electron chi connectivity index (χ2n) is 8.34. The molecule has 2 aromatic carbocycles. The number of carbonyl (C=O) groups is 3. The van der Waals surface area contributed by atoms with Gasteiger partial charge < -0.3 is 5.32 Å². The van der Waals surface area contributed by atoms with Crippen molar-refractivity contribution in [3.8, 4) is 0 Å². The largest absolute Gasteiger partial charge is 0.440 e. The Morgan fingerprint density at radius 1 is 1.00 bits per heavy atom. The van der Waals surface area contributed by atoms with Crippen molar-refractivity contribution in [1.82, 2.24) is 15.5 Å². The molecule has 0 spiro atoms. The smallest absolute Gasteiger partial charge is 0.314 e. The van der Waals surface area contributed by atoms with Gasteiger partial charge in [0.2, 0.25) is 0 Å². The molecule has 0 radical (unpaired) electrons. The third-order valence-electron chi connectivity index (χ3n) is 5.03. The highest BCUT2D eigenvalue weighted by molar-refractivity contribution is 6.10. The number of rotatable bonds is 4. The normalized spacial score (nSPS) is 19.4. The quantitative estimate of drug-likeness (QED) is 0.722. The molecule has 4 amide bonds. The molecule has 0 bridgehead atoms. The first-order valence-corrected chi connectivity index (χ1v) is 9.53. The van der Waals surface area contributed by atoms with Gasteiger partial charge in [-0.3, -0.25) is 19.8 Å². The molecule has 1 atom stereocenters. The minimum Gasteiger partial charge on any atom is -0.314 e. The lowest BCUT2D eigenvalue weighted by Gasteiger charge is -2.30. The van der Waals surface area contributed by atoms with Crippen LogP contribution in [-0.4, -0.2) is 34.6 Å². The van der Waals surface area contributed by atoms with Crippen molar-refractivity contribution in [2.24, 2.45) is 0 Å². The number of carbonyl (C=O) groups excluding carboxylic acids is 3. The molecule has 0 aromatic heterocycles. The Morgan fingerprint density at radius 3 is 2.10 bits per heavy atom. The van der Waals surface area contributed by atoms with Crippen molar-refractivity contribution in [2.75, 3.05) is 0 Å². The maximum Gasteiger partial charge on any atom is 0.440 e. The van der Waals surface area contributed by atoms with E-state index in [1.807, 2.05) is 20.8 Å². The number of amides is 4. The summed E-state index contributed by atoms with van der Waals surface area (Å²) in [6.45, 7) is 5.50. The van der Waals surface area contributed by atoms with E-state index in [1.54, 1.807) is 53.1 Å². The number of urea groups is 1. The van der Waals surface area contributed by atoms with Crippen molar-refractivity contribution >= 4 is 17.8 Å². The third kappa shape index (κ3) is 4.26. The summed E-state index contributed by atoms with van der Waals surface area (Å²) in [5.41, 5.74) is -2.48. The van der Waals surface area contributed by atoms with Crippen LogP contribution in [0.5, 0.6) is 0 Å². The van der Waals surface area contributed by atoms with Crippen molar-refractivity contribution in [2.45, 2.75) is 44.6 Å². The molecule has 9 heteroatoms. The number of imide groups is 1. The summed E-state index contributed by atoms with van der Waals surface area (Å²) in [6, 6.07) is 12.9. The van der Waals surface area contributed by atoms with Gasteiger partial charge in [0.25, 0.3) is 17.5 Å². The third-order valence-corrected chi connectivity index (χ3v) is 5.03. The van der Waals surface area contributed by atoms with Gasteiger partial charge in [0.15, 0.2) is 0 Å². The van der Waals surface area contributed by atoms with Gasteiger partial charge in [-0.25, -0.2) is 4.79 Å². The predicted octanol–water partition coefficient (Wildman–Crippen LogP) is 3.72. The van der Waals surface area contributed by atoms with Crippen LogP contribution in [0.2, 0.25) is 0 Å². The summed E-state index contributed by atoms with van der Waals surface area (Å²) in [6.07, 6.45) is -5.26. The lowest BCUT2D eigenvalue weighted by Crippen LogP contribution is -2.69. The molecule has 1 aliphatic rings. The van der Waals surface area contributed by atoms with Gasteiger partial charge in [-0.1, -0.05) is 63.2 Å². The number of hydrogen-bond donors (Lipinski definition) is 2. The number of benzene rings is 2. The van der Waals surface area contributed by atoms with E-state index in [-0.39, 0.29) is 17.5 Å². The molecule has 0 saturated carbocycles. The molecule has 6 nitrogen and oxygen atoms in total. The van der Waals surface area contributed by atoms with E-state index >= 15 is 0 Å². The van der Waals surface area contributed by atoms with E-state index in [1.165, 1.54) is 12.1 Å². The zero-order chi connectivity index (χ0) is 23.0. The number of nitrogens with one attached hydrogen (secondary N) is 2. The average Bonchev–Trinajstić information content (AvgIpc) is 2.93. The van der Waals surface area contributed by atoms with E-state index < -0.39 is 29.7 Å². The minimum absolute atomic E-state index is 0.0693. The summed E-state index contributed by atoms with van der Waals surface area (Å²) < 4.78 is 41.9. The van der Waals surface area contributed by atoms with Gasteiger partial charge in [0.05, 0.1) is 6.54 Å². The zero-order valence-corrected chi connectivity index (χ0v) is 17.2. The first kappa shape index (κ1) is 22.3. The summed E-state index contributed by atoms with van der Waals surface area (Å²) in [7, 11) is 0. The van der Waals surface area contributed by atoms with Gasteiger partial charge in [0, 0.05) is 5.56 Å². The van der Waals surface area contributed by atoms with Crippen LogP contribution >= 0.6 is 0 Å². The number of hydrogen-bond acceptors (Lipinski definition) is 3. The van der Waals surface area contributed by atoms with Gasteiger partial charge >= 0.3 is 12.2 Å². The monoisotopic (exact) mass is 433 g/mol. The lowest BCUT2D eigenvalue weighted by atomic mass is 9.86. The summed E-state index contributed by atoms with van der Waals surface area (Å²) in [4.78, 5) is 38.1. The Morgan fingerprint density at radius 2 is 1.58 bits per heavy atom. The van der Waals surface area contributed by atoms with Crippen molar-refractivity contribution in [3.05, 3.63) is 71.3 Å². The molecule has 1 heterocycles. The molecule has 0 unspecified atom stereocenters. The molecular weight excluding hydrogens is 411 g/mol. The van der Waals surface area contributed by atoms with Crippen molar-refractivity contribution < 1.29 is 27.6 Å². The highest BCUT2D eigenvalue weighted by Crippen LogP contribution is 2.34. The SMILES string of the molecule is CC(C)(C)c1ccc(C(=O)N[C@]2(C(F)(F)F)NC(=O)N(Cc3ccccc3)C2=O)cc1. The number of alkyl halides is 3. The van der Waals surface area contributed by atoms with E-state index in [2.05, 4.69) is 0 Å². The molecule has 164 valence electrons. The Labute approximate surface area is 177 Å². The second-order valence-corrected chi connectivity index (χ2v) is 8.34. The van der Waals surface area contributed by atoms with Gasteiger partial charge in [-0.05, 0) is 28.7 Å². The molecular formula is C22H22F3N3O3. The summed E-state index contributed by atoms with van der Waals surface area (Å²) in [5, 5.41) is 3.36. The fraction of sp³-hybridized carbons (Fsp3) is 0.318. The van der Waals surface area contributed by atoms with Crippen LogP contribution in [0.25, 0.3) is 0 Å². The van der Waals surface area contributed by atoms with Crippen LogP contribution in [0, 0.1) is 0 Å². The number of nitrogens with zero attached hydrogens (tertiary/aromatic N) is 1. The molecule has 1 fully saturated rings. The second kappa shape index (κ2) is 7.72. The van der Waals surface area contributed by atoms with Crippen LogP contribution in [-0.2, 0) is 16.8 Å². The highest BCUT2D eigenvalue weighted by Gasteiger charge is 2.68. The first-order valence-electron chi connectivity index (χ1n) is 9.53. The topological polar surface area (TPSA) is 78.5 Å². The molecule has 3 rings (SSSR count). The Bertz CT molecular complexity index is 999. The van der Waals surface area contributed by atoms with Crippen LogP contribution in [0.3, 0.4) is 0 Å². The summed E-state index contributed by atoms with van der Waals surface area (Å²) >= 11 is 0. The van der Waals surface area contributed by atoms with E-state index in [4.69, 9.17) is 0 Å². The molecule has 2 aromatic rings. The Balaban J connectivity index is 1.89. The van der Waals surface area contributed by atoms with Gasteiger partial charge in [-0.2, -0.15) is 13.2 Å². The van der Waals surface area contributed by atoms with Crippen molar-refractivity contribution in [1.29, 1.82) is 0 Å². The average molecular weight is 433 g/mol. The first-order chi connectivity index (χ1) is 14.3. The van der Waals surface area contributed by atoms with Crippen LogP contribution in [0.15, 0.2) is 54.6 Å². The molecule has 1 aliphatic heterocycles. The Hall–Kier alpha value is -3.36. The molecule has 1 saturated heterocycles. The highest BCUT2D eigenvalue weighted by atomic mass is 19.4. The maximum atomic E-state index is 14.0. The number of halogens is 3. The van der Waals surface area contributed by atoms with Crippen LogP contribution in [0.1, 0.15) is 42.3 Å². The van der Waals surface area contributed by atoms with Gasteiger partial charge in [0.1, 0.15) is 0 Å². The van der Waals surface area contributed by atoms with E-state index in [9.17, 15) is 27.6 Å². The van der Waals surface area contributed by atoms with Crippen LogP contribution in [0.4, 0.5) is 18.0 Å². The zero-order valence-electron chi connectivity index (χ0n) is 17.2. The van der Waals surface area contributed by atoms with E-state index in [0.717, 1.165) is 5.56 Å². The maximum absolute atomic E-state index is 14.0. The summed E-state index contributed by atoms with van der Waals surface area (Å²) in [5.74, 6) is -2.72. The van der Waals surface area contributed by atoms with Crippen LogP contribution < -0.4 is 10.6 Å². The fourth-order valence-corrected chi connectivity index (χ4v) is 3.20. The van der Waals surface area contributed by atoms with Gasteiger partial charge in [-0.15, -0.1) is 0 Å². The van der Waals surface area contributed by atoms with Crippen molar-refractivity contribution in [3.63, 3.8) is 0 Å². The minimum atomic E-state index is -5.26.